The molecule has 0 N–H and O–H groups in total. The Morgan fingerprint density at radius 2 is 1.23 bits per heavy atom. The van der Waals surface area contributed by atoms with Crippen LogP contribution in [-0.4, -0.2) is 47.6 Å². The van der Waals surface area contributed by atoms with E-state index in [-0.39, 0.29) is 16.2 Å². The van der Waals surface area contributed by atoms with Crippen LogP contribution < -0.4 is 23.8 Å². The second kappa shape index (κ2) is 14.2. The van der Waals surface area contributed by atoms with Gasteiger partial charge >= 0.3 is 0 Å². The zero-order valence-electron chi connectivity index (χ0n) is 36.0. The van der Waals surface area contributed by atoms with Gasteiger partial charge < -0.3 is 28.6 Å². The van der Waals surface area contributed by atoms with Crippen LogP contribution in [0.2, 0.25) is 0 Å². The third kappa shape index (κ3) is 6.09. The lowest BCUT2D eigenvalue weighted by atomic mass is 9.52. The minimum atomic E-state index is -0.935. The van der Waals surface area contributed by atoms with Crippen LogP contribution in [-0.2, 0) is 15.8 Å². The van der Waals surface area contributed by atoms with Gasteiger partial charge in [0.1, 0.15) is 23.0 Å². The molecule has 6 aromatic rings. The first kappa shape index (κ1) is 38.5. The minimum absolute atomic E-state index is 0.112. The van der Waals surface area contributed by atoms with E-state index in [1.54, 1.807) is 21.3 Å². The fraction of sp³-hybridized carbons (Fsp3) is 0.333. The predicted octanol–water partition coefficient (Wildman–Crippen LogP) is 12.2. The number of fused-ring (bicyclic) bond motifs is 10. The molecule has 2 fully saturated rings. The SMILES string of the molecule is COc1ccc(-c2cc3c4c(c5c(c3cc2OC)OC(c2ccc(OC)cc2)(c2ccc(N3CCOCC3)cc2)C=C5)C2(CC(C)(C)CC(C)(C)C2)c2ccccc2-4)cc1. The number of rotatable bonds is 7. The summed E-state index contributed by atoms with van der Waals surface area (Å²) in [5, 5.41) is 2.20. The third-order valence-corrected chi connectivity index (χ3v) is 13.7. The second-order valence-electron chi connectivity index (χ2n) is 18.9. The summed E-state index contributed by atoms with van der Waals surface area (Å²) in [7, 11) is 5.19. The molecule has 2 heterocycles. The topological polar surface area (TPSA) is 49.4 Å². The van der Waals surface area contributed by atoms with E-state index in [0.717, 1.165) is 95.3 Å². The van der Waals surface area contributed by atoms with E-state index in [1.807, 2.05) is 24.3 Å². The van der Waals surface area contributed by atoms with Gasteiger partial charge in [0.15, 0.2) is 5.60 Å². The highest BCUT2D eigenvalue weighted by atomic mass is 16.5. The average molecular weight is 798 g/mol. The highest BCUT2D eigenvalue weighted by Crippen LogP contribution is 2.67. The van der Waals surface area contributed by atoms with Crippen molar-refractivity contribution in [2.75, 3.05) is 52.5 Å². The van der Waals surface area contributed by atoms with Crippen LogP contribution in [0.15, 0.2) is 115 Å². The Balaban J connectivity index is 1.27. The highest BCUT2D eigenvalue weighted by Gasteiger charge is 2.55. The van der Waals surface area contributed by atoms with Crippen molar-refractivity contribution in [2.24, 2.45) is 10.8 Å². The number of ether oxygens (including phenoxy) is 5. The first-order valence-corrected chi connectivity index (χ1v) is 21.4. The lowest BCUT2D eigenvalue weighted by Gasteiger charge is -2.52. The Kier molecular flexibility index (Phi) is 9.10. The van der Waals surface area contributed by atoms with Gasteiger partial charge in [-0.15, -0.1) is 0 Å². The molecule has 6 nitrogen and oxygen atoms in total. The largest absolute Gasteiger partial charge is 0.497 e. The minimum Gasteiger partial charge on any atom is -0.497 e. The highest BCUT2D eigenvalue weighted by molar-refractivity contribution is 6.10. The lowest BCUT2D eigenvalue weighted by molar-refractivity contribution is 0.0642. The van der Waals surface area contributed by atoms with E-state index < -0.39 is 5.60 Å². The summed E-state index contributed by atoms with van der Waals surface area (Å²) < 4.78 is 31.1. The molecular weight excluding hydrogens is 743 g/mol. The molecule has 1 unspecified atom stereocenters. The van der Waals surface area contributed by atoms with Gasteiger partial charge in [0.05, 0.1) is 34.5 Å². The molecule has 1 saturated carbocycles. The van der Waals surface area contributed by atoms with E-state index in [1.165, 1.54) is 39.7 Å². The van der Waals surface area contributed by atoms with Crippen molar-refractivity contribution in [1.29, 1.82) is 0 Å². The standard InChI is InChI=1S/C54H55NO5/c1-51(2)32-52(3,4)34-53(33-51)46-11-9-8-10-41(46)48-44-30-43(35-12-20-39(56-5)21-13-35)47(58-7)31-45(44)50-42(49(48)53)24-25-54(60-50,37-16-22-40(57-6)23-17-37)36-14-18-38(19-15-36)55-26-28-59-29-27-55/h8-25,30-31H,26-29,32-34H2,1-7H3. The Morgan fingerprint density at radius 1 is 0.617 bits per heavy atom. The Bertz CT molecular complexity index is 2620. The summed E-state index contributed by atoms with van der Waals surface area (Å²) >= 11 is 0. The molecule has 2 aliphatic heterocycles. The molecule has 306 valence electrons. The van der Waals surface area contributed by atoms with E-state index in [2.05, 4.69) is 130 Å². The molecule has 2 aliphatic carbocycles. The molecule has 60 heavy (non-hydrogen) atoms. The summed E-state index contributed by atoms with van der Waals surface area (Å²) in [6.07, 6.45) is 7.97. The Hall–Kier alpha value is -5.72. The van der Waals surface area contributed by atoms with E-state index in [4.69, 9.17) is 23.7 Å². The quantitative estimate of drug-likeness (QED) is 0.160. The zero-order chi connectivity index (χ0) is 41.4. The number of nitrogens with zero attached hydrogens (tertiary/aromatic N) is 1. The smallest absolute Gasteiger partial charge is 0.178 e. The summed E-state index contributed by atoms with van der Waals surface area (Å²) in [4.78, 5) is 2.40. The molecule has 6 aromatic carbocycles. The van der Waals surface area contributed by atoms with Crippen LogP contribution in [0.25, 0.3) is 39.1 Å². The van der Waals surface area contributed by atoms with Crippen LogP contribution in [0.5, 0.6) is 23.0 Å². The molecule has 4 aliphatic rings. The van der Waals surface area contributed by atoms with Crippen LogP contribution in [0.3, 0.4) is 0 Å². The van der Waals surface area contributed by atoms with Crippen LogP contribution in [0, 0.1) is 10.8 Å². The molecule has 10 rings (SSSR count). The fourth-order valence-corrected chi connectivity index (χ4v) is 11.9. The molecule has 6 heteroatoms. The van der Waals surface area contributed by atoms with Crippen molar-refractivity contribution in [1.82, 2.24) is 0 Å². The van der Waals surface area contributed by atoms with E-state index >= 15 is 0 Å². The molecule has 0 aromatic heterocycles. The molecule has 1 atom stereocenters. The first-order chi connectivity index (χ1) is 29.0. The second-order valence-corrected chi connectivity index (χ2v) is 18.9. The number of hydrogen-bond donors (Lipinski definition) is 0. The van der Waals surface area contributed by atoms with Gasteiger partial charge in [0, 0.05) is 51.8 Å². The van der Waals surface area contributed by atoms with Crippen molar-refractivity contribution >= 4 is 22.5 Å². The zero-order valence-corrected chi connectivity index (χ0v) is 36.0. The van der Waals surface area contributed by atoms with E-state index in [0.29, 0.717) is 0 Å². The van der Waals surface area contributed by atoms with Crippen molar-refractivity contribution < 1.29 is 23.7 Å². The summed E-state index contributed by atoms with van der Waals surface area (Å²) in [5.74, 6) is 3.30. The van der Waals surface area contributed by atoms with Crippen LogP contribution in [0.1, 0.15) is 74.8 Å². The summed E-state index contributed by atoms with van der Waals surface area (Å²) in [6, 6.07) is 39.4. The van der Waals surface area contributed by atoms with Gasteiger partial charge in [-0.1, -0.05) is 94.4 Å². The van der Waals surface area contributed by atoms with Gasteiger partial charge in [-0.25, -0.2) is 0 Å². The number of morpholine rings is 1. The van der Waals surface area contributed by atoms with Crippen molar-refractivity contribution in [3.05, 3.63) is 143 Å². The number of anilines is 1. The normalized spacial score (nSPS) is 20.6. The van der Waals surface area contributed by atoms with Crippen LogP contribution in [0.4, 0.5) is 5.69 Å². The number of methoxy groups -OCH3 is 3. The number of hydrogen-bond acceptors (Lipinski definition) is 6. The van der Waals surface area contributed by atoms with Crippen molar-refractivity contribution in [2.45, 2.75) is 58.0 Å². The molecule has 1 saturated heterocycles. The van der Waals surface area contributed by atoms with Gasteiger partial charge in [-0.3, -0.25) is 0 Å². The molecular formula is C54H55NO5. The van der Waals surface area contributed by atoms with Crippen LogP contribution >= 0.6 is 0 Å². The predicted molar refractivity (Wildman–Crippen MR) is 243 cm³/mol. The Morgan fingerprint density at radius 3 is 1.87 bits per heavy atom. The molecule has 0 bridgehead atoms. The Labute approximate surface area is 354 Å². The van der Waals surface area contributed by atoms with E-state index in [9.17, 15) is 0 Å². The van der Waals surface area contributed by atoms with Crippen molar-refractivity contribution in [3.8, 4) is 45.3 Å². The summed E-state index contributed by atoms with van der Waals surface area (Å²) in [6.45, 7) is 13.1. The lowest BCUT2D eigenvalue weighted by Crippen LogP contribution is -2.44. The first-order valence-electron chi connectivity index (χ1n) is 21.4. The van der Waals surface area contributed by atoms with Gasteiger partial charge in [0.2, 0.25) is 0 Å². The van der Waals surface area contributed by atoms with Gasteiger partial charge in [-0.2, -0.15) is 0 Å². The number of benzene rings is 6. The summed E-state index contributed by atoms with van der Waals surface area (Å²) in [5.41, 5.74) is 11.0. The maximum Gasteiger partial charge on any atom is 0.178 e. The maximum atomic E-state index is 7.87. The third-order valence-electron chi connectivity index (χ3n) is 13.7. The van der Waals surface area contributed by atoms with Gasteiger partial charge in [-0.05, 0) is 118 Å². The van der Waals surface area contributed by atoms with Gasteiger partial charge in [0.25, 0.3) is 0 Å². The fourth-order valence-electron chi connectivity index (χ4n) is 11.9. The molecule has 0 radical (unpaired) electrons. The maximum absolute atomic E-state index is 7.87. The molecule has 1 spiro atoms. The molecule has 0 amide bonds. The van der Waals surface area contributed by atoms with Crippen molar-refractivity contribution in [3.63, 3.8) is 0 Å². The monoisotopic (exact) mass is 797 g/mol. The average Bonchev–Trinajstić information content (AvgIpc) is 3.53.